The molecule has 0 atom stereocenters. The fourth-order valence-corrected chi connectivity index (χ4v) is 3.16. The van der Waals surface area contributed by atoms with Gasteiger partial charge in [-0.15, -0.1) is 11.3 Å². The van der Waals surface area contributed by atoms with Crippen LogP contribution in [0.5, 0.6) is 0 Å². The van der Waals surface area contributed by atoms with E-state index >= 15 is 0 Å². The highest BCUT2D eigenvalue weighted by Gasteiger charge is 2.33. The molecule has 0 bridgehead atoms. The molecular weight excluding hydrogens is 258 g/mol. The predicted molar refractivity (Wildman–Crippen MR) is 79.7 cm³/mol. The van der Waals surface area contributed by atoms with Crippen LogP contribution in [-0.4, -0.2) is 54.6 Å². The van der Waals surface area contributed by atoms with Gasteiger partial charge in [-0.3, -0.25) is 4.90 Å². The topological polar surface area (TPSA) is 35.6 Å². The van der Waals surface area contributed by atoms with Crippen molar-refractivity contribution >= 4 is 17.4 Å². The molecule has 1 fully saturated rings. The minimum absolute atomic E-state index is 0.0833. The van der Waals surface area contributed by atoms with E-state index in [1.165, 1.54) is 4.88 Å². The van der Waals surface area contributed by atoms with E-state index in [2.05, 4.69) is 35.5 Å². The second-order valence-corrected chi connectivity index (χ2v) is 5.87. The summed E-state index contributed by atoms with van der Waals surface area (Å²) >= 11 is 1.74. The van der Waals surface area contributed by atoms with Gasteiger partial charge in [0.25, 0.3) is 0 Å². The fraction of sp³-hybridized carbons (Fsp3) is 0.643. The van der Waals surface area contributed by atoms with Crippen LogP contribution in [0.25, 0.3) is 0 Å². The fourth-order valence-electron chi connectivity index (χ4n) is 2.45. The van der Waals surface area contributed by atoms with Crippen LogP contribution in [0.3, 0.4) is 0 Å². The van der Waals surface area contributed by atoms with E-state index in [9.17, 15) is 4.79 Å². The van der Waals surface area contributed by atoms with Gasteiger partial charge in [0.2, 0.25) is 0 Å². The molecule has 1 aromatic heterocycles. The van der Waals surface area contributed by atoms with Crippen LogP contribution >= 0.6 is 11.3 Å². The molecule has 0 aliphatic carbocycles. The van der Waals surface area contributed by atoms with Crippen molar-refractivity contribution in [3.8, 4) is 0 Å². The van der Waals surface area contributed by atoms with Crippen LogP contribution in [0, 0.1) is 0 Å². The molecule has 0 spiro atoms. The first kappa shape index (κ1) is 14.3. The molecule has 0 unspecified atom stereocenters. The molecule has 1 aromatic rings. The zero-order valence-corrected chi connectivity index (χ0v) is 12.6. The number of thiophene rings is 1. The maximum absolute atomic E-state index is 11.9. The predicted octanol–water partition coefficient (Wildman–Crippen LogP) is 2.03. The Morgan fingerprint density at radius 3 is 2.79 bits per heavy atom. The first-order valence-electron chi connectivity index (χ1n) is 7.03. The number of likely N-dealkylation sites (N-methyl/N-ethyl adjacent to an activating group) is 1. The highest BCUT2D eigenvalue weighted by atomic mass is 32.1. The van der Waals surface area contributed by atoms with Crippen molar-refractivity contribution in [2.24, 2.45) is 0 Å². The van der Waals surface area contributed by atoms with E-state index in [0.717, 1.165) is 39.1 Å². The Morgan fingerprint density at radius 1 is 1.47 bits per heavy atom. The third kappa shape index (κ3) is 3.70. The molecule has 0 saturated carbocycles. The molecule has 0 aromatic carbocycles. The van der Waals surface area contributed by atoms with Gasteiger partial charge in [0.1, 0.15) is 0 Å². The van der Waals surface area contributed by atoms with Gasteiger partial charge in [0.05, 0.1) is 0 Å². The Hall–Kier alpha value is -1.07. The second kappa shape index (κ2) is 6.91. The van der Waals surface area contributed by atoms with Gasteiger partial charge in [-0.25, -0.2) is 4.79 Å². The molecule has 19 heavy (non-hydrogen) atoms. The maximum Gasteiger partial charge on any atom is 0.317 e. The molecule has 4 nitrogen and oxygen atoms in total. The van der Waals surface area contributed by atoms with Crippen molar-refractivity contribution in [1.29, 1.82) is 0 Å². The summed E-state index contributed by atoms with van der Waals surface area (Å²) in [6.45, 7) is 8.94. The highest BCUT2D eigenvalue weighted by molar-refractivity contribution is 7.09. The van der Waals surface area contributed by atoms with Gasteiger partial charge in [0, 0.05) is 30.6 Å². The van der Waals surface area contributed by atoms with Gasteiger partial charge in [-0.05, 0) is 31.0 Å². The van der Waals surface area contributed by atoms with Crippen LogP contribution < -0.4 is 5.32 Å². The summed E-state index contributed by atoms with van der Waals surface area (Å²) in [5.74, 6) is 0. The Morgan fingerprint density at radius 2 is 2.21 bits per heavy atom. The molecule has 1 N–H and O–H groups in total. The Kier molecular flexibility index (Phi) is 5.22. The lowest BCUT2D eigenvalue weighted by molar-refractivity contribution is 0.0633. The van der Waals surface area contributed by atoms with Crippen molar-refractivity contribution < 1.29 is 4.79 Å². The molecule has 1 aliphatic rings. The number of amides is 2. The van der Waals surface area contributed by atoms with E-state index in [-0.39, 0.29) is 6.03 Å². The van der Waals surface area contributed by atoms with Gasteiger partial charge in [-0.2, -0.15) is 0 Å². The maximum atomic E-state index is 11.9. The van der Waals surface area contributed by atoms with Crippen LogP contribution in [0.15, 0.2) is 17.5 Å². The normalized spacial score (nSPS) is 15.6. The number of nitrogens with one attached hydrogen (secondary N) is 1. The minimum Gasteiger partial charge on any atom is -0.338 e. The summed E-state index contributed by atoms with van der Waals surface area (Å²) in [4.78, 5) is 17.5. The van der Waals surface area contributed by atoms with Crippen LogP contribution in [0.1, 0.15) is 18.7 Å². The molecule has 2 amide bonds. The van der Waals surface area contributed by atoms with Crippen LogP contribution in [0.4, 0.5) is 4.79 Å². The standard InChI is InChI=1S/C14H23N3OS/c1-3-16(4-2)12-10-17(11-12)14(18)15-8-7-13-6-5-9-19-13/h5-6,9,12H,3-4,7-8,10-11H2,1-2H3,(H,15,18). The Bertz CT molecular complexity index is 383. The number of urea groups is 1. The SMILES string of the molecule is CCN(CC)C1CN(C(=O)NCCc2cccs2)C1. The largest absolute Gasteiger partial charge is 0.338 e. The van der Waals surface area contributed by atoms with Crippen molar-refractivity contribution in [2.45, 2.75) is 26.3 Å². The zero-order chi connectivity index (χ0) is 13.7. The molecule has 106 valence electrons. The number of carbonyl (C=O) groups excluding carboxylic acids is 1. The molecular formula is C14H23N3OS. The van der Waals surface area contributed by atoms with Crippen molar-refractivity contribution in [3.05, 3.63) is 22.4 Å². The van der Waals surface area contributed by atoms with Crippen molar-refractivity contribution in [1.82, 2.24) is 15.1 Å². The number of likely N-dealkylation sites (tertiary alicyclic amines) is 1. The molecule has 0 radical (unpaired) electrons. The summed E-state index contributed by atoms with van der Waals surface area (Å²) in [6, 6.07) is 4.79. The van der Waals surface area contributed by atoms with Gasteiger partial charge in [-0.1, -0.05) is 19.9 Å². The van der Waals surface area contributed by atoms with Crippen molar-refractivity contribution in [2.75, 3.05) is 32.7 Å². The van der Waals surface area contributed by atoms with E-state index in [1.54, 1.807) is 11.3 Å². The first-order valence-corrected chi connectivity index (χ1v) is 7.91. The average molecular weight is 281 g/mol. The van der Waals surface area contributed by atoms with E-state index in [0.29, 0.717) is 6.04 Å². The number of hydrogen-bond donors (Lipinski definition) is 1. The third-order valence-electron chi connectivity index (χ3n) is 3.71. The van der Waals surface area contributed by atoms with Gasteiger partial charge >= 0.3 is 6.03 Å². The Balaban J connectivity index is 1.63. The number of carbonyl (C=O) groups is 1. The molecule has 1 aliphatic heterocycles. The minimum atomic E-state index is 0.0833. The van der Waals surface area contributed by atoms with Gasteiger partial charge in [0.15, 0.2) is 0 Å². The van der Waals surface area contributed by atoms with Gasteiger partial charge < -0.3 is 10.2 Å². The highest BCUT2D eigenvalue weighted by Crippen LogP contribution is 2.14. The molecule has 2 heterocycles. The lowest BCUT2D eigenvalue weighted by atomic mass is 10.1. The third-order valence-corrected chi connectivity index (χ3v) is 4.64. The summed E-state index contributed by atoms with van der Waals surface area (Å²) < 4.78 is 0. The summed E-state index contributed by atoms with van der Waals surface area (Å²) in [7, 11) is 0. The number of nitrogens with zero attached hydrogens (tertiary/aromatic N) is 2. The number of hydrogen-bond acceptors (Lipinski definition) is 3. The van der Waals surface area contributed by atoms with Crippen LogP contribution in [0.2, 0.25) is 0 Å². The quantitative estimate of drug-likeness (QED) is 0.866. The molecule has 1 saturated heterocycles. The average Bonchev–Trinajstić information content (AvgIpc) is 2.86. The van der Waals surface area contributed by atoms with Crippen molar-refractivity contribution in [3.63, 3.8) is 0 Å². The Labute approximate surface area is 119 Å². The van der Waals surface area contributed by atoms with E-state index in [1.807, 2.05) is 11.0 Å². The lowest BCUT2D eigenvalue weighted by Gasteiger charge is -2.44. The molecule has 5 heteroatoms. The lowest BCUT2D eigenvalue weighted by Crippen LogP contribution is -2.62. The number of rotatable bonds is 6. The van der Waals surface area contributed by atoms with E-state index in [4.69, 9.17) is 0 Å². The summed E-state index contributed by atoms with van der Waals surface area (Å²) in [6.07, 6.45) is 0.927. The second-order valence-electron chi connectivity index (χ2n) is 4.84. The molecule has 2 rings (SSSR count). The summed E-state index contributed by atoms with van der Waals surface area (Å²) in [5.41, 5.74) is 0. The monoisotopic (exact) mass is 281 g/mol. The van der Waals surface area contributed by atoms with Crippen LogP contribution in [-0.2, 0) is 6.42 Å². The van der Waals surface area contributed by atoms with E-state index < -0.39 is 0 Å². The zero-order valence-electron chi connectivity index (χ0n) is 11.8. The smallest absolute Gasteiger partial charge is 0.317 e. The summed E-state index contributed by atoms with van der Waals surface area (Å²) in [5, 5.41) is 5.06. The first-order chi connectivity index (χ1) is 9.24.